The lowest BCUT2D eigenvalue weighted by Crippen LogP contribution is -2.06. The van der Waals surface area contributed by atoms with Crippen LogP contribution < -0.4 is 0 Å². The van der Waals surface area contributed by atoms with E-state index in [0.717, 1.165) is 5.39 Å². The van der Waals surface area contributed by atoms with E-state index < -0.39 is 4.92 Å². The van der Waals surface area contributed by atoms with E-state index in [1.54, 1.807) is 36.4 Å². The summed E-state index contributed by atoms with van der Waals surface area (Å²) in [6.45, 7) is 1.45. The Hall–Kier alpha value is -3.32. The van der Waals surface area contributed by atoms with Gasteiger partial charge in [0.15, 0.2) is 5.65 Å². The number of benzene rings is 2. The van der Waals surface area contributed by atoms with Crippen LogP contribution in [-0.2, 0) is 0 Å². The third-order valence-corrected chi connectivity index (χ3v) is 4.49. The first kappa shape index (κ1) is 16.2. The first-order valence-electron chi connectivity index (χ1n) is 7.69. The SMILES string of the molecule is CC(=O)n1c2cccc(Cl)c2c2cc(-c3ccc([N+](=O)[O-])cc3)nnc21. The molecule has 0 N–H and O–H groups in total. The Kier molecular flexibility index (Phi) is 3.66. The molecular weight excluding hydrogens is 356 g/mol. The van der Waals surface area contributed by atoms with Crippen molar-refractivity contribution in [3.63, 3.8) is 0 Å². The smallest absolute Gasteiger partial charge is 0.269 e. The van der Waals surface area contributed by atoms with Gasteiger partial charge in [0.25, 0.3) is 5.69 Å². The number of carbonyl (C=O) groups is 1. The van der Waals surface area contributed by atoms with Crippen LogP contribution in [0, 0.1) is 10.1 Å². The van der Waals surface area contributed by atoms with Gasteiger partial charge in [-0.1, -0.05) is 17.7 Å². The molecular formula is C18H11ClN4O3. The van der Waals surface area contributed by atoms with Crippen molar-refractivity contribution in [2.45, 2.75) is 6.92 Å². The van der Waals surface area contributed by atoms with Gasteiger partial charge >= 0.3 is 0 Å². The number of halogens is 1. The van der Waals surface area contributed by atoms with Crippen LogP contribution in [-0.4, -0.2) is 25.6 Å². The molecule has 2 heterocycles. The molecule has 0 aliphatic heterocycles. The first-order valence-corrected chi connectivity index (χ1v) is 8.07. The van der Waals surface area contributed by atoms with E-state index in [4.69, 9.17) is 11.6 Å². The Bertz CT molecular complexity index is 1200. The van der Waals surface area contributed by atoms with Crippen molar-refractivity contribution in [3.05, 3.63) is 63.7 Å². The predicted octanol–water partition coefficient (Wildman–Crippen LogP) is 4.47. The van der Waals surface area contributed by atoms with Crippen LogP contribution in [0.2, 0.25) is 5.02 Å². The molecule has 0 atom stereocenters. The Labute approximate surface area is 152 Å². The van der Waals surface area contributed by atoms with Gasteiger partial charge in [-0.2, -0.15) is 0 Å². The summed E-state index contributed by atoms with van der Waals surface area (Å²) in [5.41, 5.74) is 2.30. The molecule has 2 aromatic carbocycles. The number of rotatable bonds is 2. The van der Waals surface area contributed by atoms with Crippen LogP contribution in [0.15, 0.2) is 48.5 Å². The van der Waals surface area contributed by atoms with Gasteiger partial charge in [0, 0.05) is 35.4 Å². The van der Waals surface area contributed by atoms with Crippen molar-refractivity contribution in [2.24, 2.45) is 0 Å². The maximum Gasteiger partial charge on any atom is 0.269 e. The summed E-state index contributed by atoms with van der Waals surface area (Å²) in [5.74, 6) is -0.190. The van der Waals surface area contributed by atoms with Gasteiger partial charge in [0.2, 0.25) is 5.91 Å². The molecule has 0 aliphatic carbocycles. The molecule has 128 valence electrons. The predicted molar refractivity (Wildman–Crippen MR) is 98.4 cm³/mol. The van der Waals surface area contributed by atoms with Gasteiger partial charge in [-0.05, 0) is 30.3 Å². The molecule has 2 aromatic heterocycles. The minimum atomic E-state index is -0.459. The van der Waals surface area contributed by atoms with E-state index in [1.165, 1.54) is 23.6 Å². The number of fused-ring (bicyclic) bond motifs is 3. The third-order valence-electron chi connectivity index (χ3n) is 4.18. The second kappa shape index (κ2) is 5.89. The summed E-state index contributed by atoms with van der Waals surface area (Å²) in [7, 11) is 0. The molecule has 4 aromatic rings. The highest BCUT2D eigenvalue weighted by atomic mass is 35.5. The fourth-order valence-electron chi connectivity index (χ4n) is 3.03. The molecule has 0 spiro atoms. The Morgan fingerprint density at radius 2 is 1.88 bits per heavy atom. The topological polar surface area (TPSA) is 90.9 Å². The number of carbonyl (C=O) groups excluding carboxylic acids is 1. The van der Waals surface area contributed by atoms with E-state index in [0.29, 0.717) is 32.8 Å². The van der Waals surface area contributed by atoms with Crippen LogP contribution >= 0.6 is 11.6 Å². The summed E-state index contributed by atoms with van der Waals surface area (Å²) in [5, 5.41) is 21.1. The minimum absolute atomic E-state index is 0.000913. The standard InChI is InChI=1S/C18H11ClN4O3/c1-10(24)22-16-4-2-3-14(19)17(16)13-9-15(20-21-18(13)22)11-5-7-12(8-6-11)23(25)26/h2-9H,1H3. The third kappa shape index (κ3) is 2.41. The summed E-state index contributed by atoms with van der Waals surface area (Å²) in [6, 6.07) is 13.2. The maximum absolute atomic E-state index is 12.1. The number of non-ortho nitro benzene ring substituents is 1. The number of nitro groups is 1. The van der Waals surface area contributed by atoms with E-state index in [9.17, 15) is 14.9 Å². The highest BCUT2D eigenvalue weighted by molar-refractivity contribution is 6.38. The normalized spacial score (nSPS) is 11.2. The Balaban J connectivity index is 1.99. The zero-order valence-electron chi connectivity index (χ0n) is 13.5. The lowest BCUT2D eigenvalue weighted by molar-refractivity contribution is -0.384. The molecule has 26 heavy (non-hydrogen) atoms. The van der Waals surface area contributed by atoms with Gasteiger partial charge in [0.1, 0.15) is 0 Å². The summed E-state index contributed by atoms with van der Waals surface area (Å²) >= 11 is 6.36. The van der Waals surface area contributed by atoms with Crippen molar-refractivity contribution in [1.29, 1.82) is 0 Å². The van der Waals surface area contributed by atoms with Crippen LogP contribution in [0.5, 0.6) is 0 Å². The molecule has 0 unspecified atom stereocenters. The molecule has 0 radical (unpaired) electrons. The summed E-state index contributed by atoms with van der Waals surface area (Å²) in [6.07, 6.45) is 0. The van der Waals surface area contributed by atoms with E-state index in [2.05, 4.69) is 10.2 Å². The molecule has 8 heteroatoms. The lowest BCUT2D eigenvalue weighted by Gasteiger charge is -2.02. The number of hydrogen-bond donors (Lipinski definition) is 0. The van der Waals surface area contributed by atoms with Crippen molar-refractivity contribution in [2.75, 3.05) is 0 Å². The molecule has 7 nitrogen and oxygen atoms in total. The zero-order valence-corrected chi connectivity index (χ0v) is 14.3. The van der Waals surface area contributed by atoms with E-state index in [-0.39, 0.29) is 11.6 Å². The number of hydrogen-bond acceptors (Lipinski definition) is 5. The van der Waals surface area contributed by atoms with Gasteiger partial charge in [0.05, 0.1) is 21.2 Å². The van der Waals surface area contributed by atoms with Gasteiger partial charge in [-0.25, -0.2) is 0 Å². The quantitative estimate of drug-likeness (QED) is 0.385. The van der Waals surface area contributed by atoms with Crippen molar-refractivity contribution >= 4 is 45.1 Å². The van der Waals surface area contributed by atoms with E-state index in [1.807, 2.05) is 0 Å². The Morgan fingerprint density at radius 1 is 1.15 bits per heavy atom. The van der Waals surface area contributed by atoms with Crippen LogP contribution in [0.3, 0.4) is 0 Å². The molecule has 0 amide bonds. The molecule has 0 aliphatic rings. The highest BCUT2D eigenvalue weighted by Crippen LogP contribution is 2.34. The van der Waals surface area contributed by atoms with E-state index >= 15 is 0 Å². The first-order chi connectivity index (χ1) is 12.5. The number of aromatic nitrogens is 3. The van der Waals surface area contributed by atoms with Crippen molar-refractivity contribution in [3.8, 4) is 11.3 Å². The fraction of sp³-hybridized carbons (Fsp3) is 0.0556. The molecule has 0 fully saturated rings. The monoisotopic (exact) mass is 366 g/mol. The molecule has 4 rings (SSSR count). The average Bonchev–Trinajstić information content (AvgIpc) is 2.96. The minimum Gasteiger partial charge on any atom is -0.274 e. The van der Waals surface area contributed by atoms with Gasteiger partial charge < -0.3 is 0 Å². The number of nitrogens with zero attached hydrogens (tertiary/aromatic N) is 4. The average molecular weight is 367 g/mol. The zero-order chi connectivity index (χ0) is 18.4. The Morgan fingerprint density at radius 3 is 2.54 bits per heavy atom. The van der Waals surface area contributed by atoms with Gasteiger partial charge in [-0.15, -0.1) is 10.2 Å². The van der Waals surface area contributed by atoms with Crippen molar-refractivity contribution < 1.29 is 9.72 Å². The molecule has 0 saturated heterocycles. The lowest BCUT2D eigenvalue weighted by atomic mass is 10.1. The molecule has 0 bridgehead atoms. The second-order valence-electron chi connectivity index (χ2n) is 5.76. The van der Waals surface area contributed by atoms with Crippen LogP contribution in [0.4, 0.5) is 5.69 Å². The highest BCUT2D eigenvalue weighted by Gasteiger charge is 2.18. The summed E-state index contributed by atoms with van der Waals surface area (Å²) < 4.78 is 1.48. The molecule has 0 saturated carbocycles. The summed E-state index contributed by atoms with van der Waals surface area (Å²) in [4.78, 5) is 22.4. The second-order valence-corrected chi connectivity index (χ2v) is 6.17. The van der Waals surface area contributed by atoms with Gasteiger partial charge in [-0.3, -0.25) is 19.5 Å². The number of nitro benzene ring substituents is 1. The largest absolute Gasteiger partial charge is 0.274 e. The van der Waals surface area contributed by atoms with Crippen LogP contribution in [0.25, 0.3) is 33.2 Å². The van der Waals surface area contributed by atoms with Crippen molar-refractivity contribution in [1.82, 2.24) is 14.8 Å². The maximum atomic E-state index is 12.1. The fourth-order valence-corrected chi connectivity index (χ4v) is 3.30. The van der Waals surface area contributed by atoms with Crippen LogP contribution in [0.1, 0.15) is 11.7 Å².